The minimum Gasteiger partial charge on any atom is -0.299 e. The zero-order chi connectivity index (χ0) is 11.1. The Morgan fingerprint density at radius 2 is 2.38 bits per heavy atom. The third kappa shape index (κ3) is 1.46. The largest absolute Gasteiger partial charge is 0.299 e. The summed E-state index contributed by atoms with van der Waals surface area (Å²) in [5, 5.41) is 0.799. The minimum atomic E-state index is 0.799. The van der Waals surface area contributed by atoms with Gasteiger partial charge in [-0.15, -0.1) is 11.8 Å². The minimum absolute atomic E-state index is 0.799. The van der Waals surface area contributed by atoms with Crippen molar-refractivity contribution in [3.8, 4) is 5.69 Å². The van der Waals surface area contributed by atoms with Gasteiger partial charge < -0.3 is 0 Å². The molecule has 3 rings (SSSR count). The summed E-state index contributed by atoms with van der Waals surface area (Å²) < 4.78 is 2.25. The van der Waals surface area contributed by atoms with Crippen LogP contribution < -0.4 is 0 Å². The molecule has 0 amide bonds. The predicted octanol–water partition coefficient (Wildman–Crippen LogP) is 3.69. The van der Waals surface area contributed by atoms with Crippen molar-refractivity contribution in [3.63, 3.8) is 0 Å². The van der Waals surface area contributed by atoms with E-state index in [-0.39, 0.29) is 0 Å². The van der Waals surface area contributed by atoms with Gasteiger partial charge in [-0.05, 0) is 18.2 Å². The summed E-state index contributed by atoms with van der Waals surface area (Å²) in [6.45, 7) is 2.13. The number of thioether (sulfide) groups is 1. The number of fused-ring (bicyclic) bond motifs is 3. The second-order valence-corrected chi connectivity index (χ2v) is 5.21. The summed E-state index contributed by atoms with van der Waals surface area (Å²) in [4.78, 5) is 5.70. The fourth-order valence-corrected chi connectivity index (χ4v) is 3.28. The first-order valence-corrected chi connectivity index (χ1v) is 6.64. The summed E-state index contributed by atoms with van der Waals surface area (Å²) in [5.74, 6) is 2.10. The van der Waals surface area contributed by atoms with Crippen molar-refractivity contribution >= 4 is 23.4 Å². The summed E-state index contributed by atoms with van der Waals surface area (Å²) in [7, 11) is 0. The Kier molecular flexibility index (Phi) is 2.45. The highest BCUT2D eigenvalue weighted by Crippen LogP contribution is 2.37. The van der Waals surface area contributed by atoms with Crippen molar-refractivity contribution in [1.82, 2.24) is 9.55 Å². The van der Waals surface area contributed by atoms with Crippen LogP contribution in [-0.4, -0.2) is 9.55 Å². The third-order valence-corrected chi connectivity index (χ3v) is 4.08. The van der Waals surface area contributed by atoms with Crippen molar-refractivity contribution < 1.29 is 0 Å². The van der Waals surface area contributed by atoms with Crippen LogP contribution in [0.2, 0.25) is 5.02 Å². The second-order valence-electron chi connectivity index (χ2n) is 3.76. The maximum atomic E-state index is 6.01. The smallest absolute Gasteiger partial charge is 0.113 e. The van der Waals surface area contributed by atoms with Crippen LogP contribution in [0.5, 0.6) is 0 Å². The van der Waals surface area contributed by atoms with Gasteiger partial charge in [0.1, 0.15) is 5.82 Å². The summed E-state index contributed by atoms with van der Waals surface area (Å²) in [5.41, 5.74) is 2.49. The van der Waals surface area contributed by atoms with Gasteiger partial charge in [-0.25, -0.2) is 4.98 Å². The first-order chi connectivity index (χ1) is 7.79. The first-order valence-electron chi connectivity index (χ1n) is 5.28. The van der Waals surface area contributed by atoms with Crippen LogP contribution in [0, 0.1) is 0 Å². The van der Waals surface area contributed by atoms with Gasteiger partial charge in [-0.2, -0.15) is 0 Å². The first kappa shape index (κ1) is 10.2. The maximum Gasteiger partial charge on any atom is 0.113 e. The van der Waals surface area contributed by atoms with Crippen LogP contribution in [0.25, 0.3) is 5.69 Å². The molecule has 0 saturated carbocycles. The summed E-state index contributed by atoms with van der Waals surface area (Å²) in [6.07, 6.45) is 2.93. The Labute approximate surface area is 104 Å². The van der Waals surface area contributed by atoms with Crippen LogP contribution in [0.1, 0.15) is 18.4 Å². The Morgan fingerprint density at radius 3 is 3.19 bits per heavy atom. The van der Waals surface area contributed by atoms with Gasteiger partial charge in [-0.3, -0.25) is 4.57 Å². The average Bonchev–Trinajstić information content (AvgIpc) is 2.71. The van der Waals surface area contributed by atoms with E-state index in [9.17, 15) is 0 Å². The lowest BCUT2D eigenvalue weighted by atomic mass is 10.3. The molecule has 1 aliphatic heterocycles. The van der Waals surface area contributed by atoms with Crippen LogP contribution in [0.4, 0.5) is 0 Å². The number of nitrogens with zero attached hydrogens (tertiary/aromatic N) is 2. The average molecular weight is 251 g/mol. The van der Waals surface area contributed by atoms with Crippen molar-refractivity contribution in [2.45, 2.75) is 24.0 Å². The van der Waals surface area contributed by atoms with E-state index in [0.717, 1.165) is 23.0 Å². The fraction of sp³-hybridized carbons (Fsp3) is 0.250. The normalized spacial score (nSPS) is 13.4. The highest BCUT2D eigenvalue weighted by atomic mass is 35.5. The molecule has 0 atom stereocenters. The lowest BCUT2D eigenvalue weighted by Crippen LogP contribution is -2.08. The molecular formula is C12H11ClN2S. The SMILES string of the molecule is CCc1ncc2n1-c1ccc(Cl)cc1SC2. The molecule has 2 nitrogen and oxygen atoms in total. The van der Waals surface area contributed by atoms with Crippen LogP contribution in [0.15, 0.2) is 29.3 Å². The predicted molar refractivity (Wildman–Crippen MR) is 67.5 cm³/mol. The van der Waals surface area contributed by atoms with E-state index < -0.39 is 0 Å². The van der Waals surface area contributed by atoms with Crippen LogP contribution >= 0.6 is 23.4 Å². The summed E-state index contributed by atoms with van der Waals surface area (Å²) in [6, 6.07) is 6.05. The van der Waals surface area contributed by atoms with Crippen LogP contribution in [0.3, 0.4) is 0 Å². The molecule has 0 spiro atoms. The second kappa shape index (κ2) is 3.82. The highest BCUT2D eigenvalue weighted by molar-refractivity contribution is 7.98. The quantitative estimate of drug-likeness (QED) is 0.768. The van der Waals surface area contributed by atoms with Crippen molar-refractivity contribution in [1.29, 1.82) is 0 Å². The lowest BCUT2D eigenvalue weighted by Gasteiger charge is -2.20. The topological polar surface area (TPSA) is 17.8 Å². The standard InChI is InChI=1S/C12H11ClN2S/c1-2-12-14-6-9-7-16-11-5-8(13)3-4-10(11)15(9)12/h3-6H,2,7H2,1H3. The summed E-state index contributed by atoms with van der Waals surface area (Å²) >= 11 is 7.84. The molecule has 1 aliphatic rings. The molecule has 0 radical (unpaired) electrons. The van der Waals surface area contributed by atoms with Gasteiger partial charge >= 0.3 is 0 Å². The zero-order valence-corrected chi connectivity index (χ0v) is 10.5. The molecule has 0 saturated heterocycles. The zero-order valence-electron chi connectivity index (χ0n) is 8.90. The third-order valence-electron chi connectivity index (χ3n) is 2.76. The Bertz CT molecular complexity index is 534. The number of hydrogen-bond acceptors (Lipinski definition) is 2. The highest BCUT2D eigenvalue weighted by Gasteiger charge is 2.19. The van der Waals surface area contributed by atoms with Gasteiger partial charge in [0, 0.05) is 28.3 Å². The van der Waals surface area contributed by atoms with E-state index in [4.69, 9.17) is 11.6 Å². The van der Waals surface area contributed by atoms with E-state index in [0.29, 0.717) is 0 Å². The molecule has 4 heteroatoms. The molecule has 0 aliphatic carbocycles. The van der Waals surface area contributed by atoms with Crippen molar-refractivity contribution in [3.05, 3.63) is 40.9 Å². The number of imidazole rings is 1. The molecule has 0 N–H and O–H groups in total. The molecular weight excluding hydrogens is 240 g/mol. The Balaban J connectivity index is 2.24. The van der Waals surface area contributed by atoms with Crippen molar-refractivity contribution in [2.24, 2.45) is 0 Å². The fourth-order valence-electron chi connectivity index (χ4n) is 2.02. The molecule has 1 aromatic carbocycles. The molecule has 0 fully saturated rings. The number of halogens is 1. The van der Waals surface area contributed by atoms with Gasteiger partial charge in [0.05, 0.1) is 11.4 Å². The number of benzene rings is 1. The number of aromatic nitrogens is 2. The van der Waals surface area contributed by atoms with E-state index in [1.165, 1.54) is 16.3 Å². The molecule has 0 unspecified atom stereocenters. The van der Waals surface area contributed by atoms with E-state index in [1.54, 1.807) is 0 Å². The number of rotatable bonds is 1. The van der Waals surface area contributed by atoms with Crippen LogP contribution in [-0.2, 0) is 12.2 Å². The van der Waals surface area contributed by atoms with Gasteiger partial charge in [0.25, 0.3) is 0 Å². The lowest BCUT2D eigenvalue weighted by molar-refractivity contribution is 0.848. The molecule has 82 valence electrons. The molecule has 0 bridgehead atoms. The molecule has 1 aromatic heterocycles. The van der Waals surface area contributed by atoms with Crippen molar-refractivity contribution in [2.75, 3.05) is 0 Å². The monoisotopic (exact) mass is 250 g/mol. The number of aryl methyl sites for hydroxylation is 1. The molecule has 2 heterocycles. The van der Waals surface area contributed by atoms with Gasteiger partial charge in [-0.1, -0.05) is 18.5 Å². The van der Waals surface area contributed by atoms with E-state index >= 15 is 0 Å². The van der Waals surface area contributed by atoms with Gasteiger partial charge in [0.2, 0.25) is 0 Å². The Morgan fingerprint density at radius 1 is 1.50 bits per heavy atom. The van der Waals surface area contributed by atoms with E-state index in [2.05, 4.69) is 22.5 Å². The molecule has 2 aromatic rings. The molecule has 16 heavy (non-hydrogen) atoms. The number of hydrogen-bond donors (Lipinski definition) is 0. The maximum absolute atomic E-state index is 6.01. The van der Waals surface area contributed by atoms with E-state index in [1.807, 2.05) is 30.1 Å². The van der Waals surface area contributed by atoms with Gasteiger partial charge in [0.15, 0.2) is 0 Å². The Hall–Kier alpha value is -0.930.